The third kappa shape index (κ3) is 1.91. The molecule has 1 aliphatic rings. The van der Waals surface area contributed by atoms with Gasteiger partial charge in [-0.2, -0.15) is 0 Å². The smallest absolute Gasteiger partial charge is 0.282 e. The Morgan fingerprint density at radius 3 is 2.87 bits per heavy atom. The van der Waals surface area contributed by atoms with Crippen LogP contribution in [0.5, 0.6) is 0 Å². The number of nitrogens with zero attached hydrogens (tertiary/aromatic N) is 1. The molecule has 80 valence electrons. The highest BCUT2D eigenvalue weighted by atomic mass is 19.1. The number of alkyl halides is 1. The maximum Gasteiger partial charge on any atom is 0.282 e. The molecule has 1 aromatic carbocycles. The second kappa shape index (κ2) is 3.84. The molecule has 1 aliphatic heterocycles. The Labute approximate surface area is 85.6 Å². The lowest BCUT2D eigenvalue weighted by molar-refractivity contribution is 0.138. The highest BCUT2D eigenvalue weighted by molar-refractivity contribution is 5.72. The fraction of sp³-hybridized carbons (Fsp3) is 0.300. The lowest BCUT2D eigenvalue weighted by Gasteiger charge is -2.23. The molecule has 0 fully saturated rings. The summed E-state index contributed by atoms with van der Waals surface area (Å²) in [6.07, 6.45) is -1.37. The average molecular weight is 212 g/mol. The number of nitrogens with two attached hydrogens (primary N) is 1. The topological polar surface area (TPSA) is 47.6 Å². The van der Waals surface area contributed by atoms with Crippen LogP contribution in [-0.4, -0.2) is 18.8 Å². The summed E-state index contributed by atoms with van der Waals surface area (Å²) in [6.45, 7) is -0.186. The Hall–Kier alpha value is -1.65. The van der Waals surface area contributed by atoms with Crippen LogP contribution >= 0.6 is 0 Å². The van der Waals surface area contributed by atoms with Crippen LogP contribution in [-0.2, 0) is 4.74 Å². The van der Waals surface area contributed by atoms with Crippen molar-refractivity contribution in [2.45, 2.75) is 12.2 Å². The monoisotopic (exact) mass is 212 g/mol. The van der Waals surface area contributed by atoms with Crippen molar-refractivity contribution >= 4 is 6.02 Å². The van der Waals surface area contributed by atoms with Crippen molar-refractivity contribution in [2.75, 3.05) is 6.61 Å². The normalized spacial score (nSPS) is 25.6. The van der Waals surface area contributed by atoms with Crippen molar-refractivity contribution < 1.29 is 13.5 Å². The molecule has 0 aromatic heterocycles. The van der Waals surface area contributed by atoms with Gasteiger partial charge in [0.25, 0.3) is 6.02 Å². The van der Waals surface area contributed by atoms with E-state index in [0.717, 1.165) is 0 Å². The van der Waals surface area contributed by atoms with E-state index in [-0.39, 0.29) is 18.2 Å². The minimum atomic E-state index is -1.37. The van der Waals surface area contributed by atoms with E-state index in [0.29, 0.717) is 0 Å². The van der Waals surface area contributed by atoms with Crippen molar-refractivity contribution in [3.05, 3.63) is 35.6 Å². The molecule has 0 amide bonds. The first kappa shape index (κ1) is 9.89. The van der Waals surface area contributed by atoms with E-state index in [9.17, 15) is 8.78 Å². The number of ether oxygens (including phenoxy) is 1. The van der Waals surface area contributed by atoms with Gasteiger partial charge in [-0.1, -0.05) is 18.2 Å². The fourth-order valence-corrected chi connectivity index (χ4v) is 1.49. The quantitative estimate of drug-likeness (QED) is 0.767. The van der Waals surface area contributed by atoms with Gasteiger partial charge in [-0.25, -0.2) is 13.8 Å². The van der Waals surface area contributed by atoms with Crippen LogP contribution in [0.4, 0.5) is 8.78 Å². The minimum Gasteiger partial charge on any atom is -0.462 e. The predicted octanol–water partition coefficient (Wildman–Crippen LogP) is 1.55. The van der Waals surface area contributed by atoms with Crippen molar-refractivity contribution in [1.29, 1.82) is 0 Å². The van der Waals surface area contributed by atoms with E-state index in [1.165, 1.54) is 12.1 Å². The van der Waals surface area contributed by atoms with Crippen molar-refractivity contribution in [3.8, 4) is 0 Å². The van der Waals surface area contributed by atoms with E-state index >= 15 is 0 Å². The maximum atomic E-state index is 13.4. The maximum absolute atomic E-state index is 13.4. The van der Waals surface area contributed by atoms with Crippen LogP contribution in [0.15, 0.2) is 29.3 Å². The van der Waals surface area contributed by atoms with Gasteiger partial charge < -0.3 is 10.5 Å². The Balaban J connectivity index is 2.37. The van der Waals surface area contributed by atoms with E-state index in [1.807, 2.05) is 0 Å². The van der Waals surface area contributed by atoms with Gasteiger partial charge in [0.1, 0.15) is 18.5 Å². The highest BCUT2D eigenvalue weighted by Gasteiger charge is 2.29. The van der Waals surface area contributed by atoms with Crippen LogP contribution < -0.4 is 5.73 Å². The van der Waals surface area contributed by atoms with Gasteiger partial charge in [0, 0.05) is 5.56 Å². The van der Waals surface area contributed by atoms with E-state index in [4.69, 9.17) is 10.5 Å². The molecular weight excluding hydrogens is 202 g/mol. The first-order valence-corrected chi connectivity index (χ1v) is 4.53. The Kier molecular flexibility index (Phi) is 2.53. The zero-order valence-corrected chi connectivity index (χ0v) is 7.86. The van der Waals surface area contributed by atoms with Gasteiger partial charge in [0.2, 0.25) is 0 Å². The van der Waals surface area contributed by atoms with Crippen LogP contribution in [0.25, 0.3) is 0 Å². The molecule has 3 nitrogen and oxygen atoms in total. The van der Waals surface area contributed by atoms with Crippen molar-refractivity contribution in [3.63, 3.8) is 0 Å². The summed E-state index contributed by atoms with van der Waals surface area (Å²) in [7, 11) is 0. The number of rotatable bonds is 1. The molecule has 2 unspecified atom stereocenters. The van der Waals surface area contributed by atoms with Gasteiger partial charge in [-0.15, -0.1) is 0 Å². The number of hydrogen-bond donors (Lipinski definition) is 1. The summed E-state index contributed by atoms with van der Waals surface area (Å²) in [5.41, 5.74) is 5.52. The van der Waals surface area contributed by atoms with Crippen molar-refractivity contribution in [2.24, 2.45) is 10.7 Å². The molecule has 0 radical (unpaired) electrons. The standard InChI is InChI=1S/C10H10F2N2O/c11-7-4-2-1-3-6(7)9-8(12)5-15-10(13)14-9/h1-4,8-9H,5H2,(H2,13,14). The summed E-state index contributed by atoms with van der Waals surface area (Å²) < 4.78 is 31.5. The number of amidine groups is 1. The summed E-state index contributed by atoms with van der Waals surface area (Å²) >= 11 is 0. The van der Waals surface area contributed by atoms with Gasteiger partial charge in [0.15, 0.2) is 6.17 Å². The van der Waals surface area contributed by atoms with Gasteiger partial charge in [0.05, 0.1) is 0 Å². The number of hydrogen-bond acceptors (Lipinski definition) is 3. The van der Waals surface area contributed by atoms with E-state index in [2.05, 4.69) is 4.99 Å². The zero-order chi connectivity index (χ0) is 10.8. The first-order valence-electron chi connectivity index (χ1n) is 4.53. The predicted molar refractivity (Wildman–Crippen MR) is 51.6 cm³/mol. The van der Waals surface area contributed by atoms with Crippen LogP contribution in [0.2, 0.25) is 0 Å². The summed E-state index contributed by atoms with van der Waals surface area (Å²) in [5.74, 6) is -0.483. The molecule has 0 spiro atoms. The third-order valence-electron chi connectivity index (χ3n) is 2.22. The second-order valence-corrected chi connectivity index (χ2v) is 3.26. The molecule has 1 heterocycles. The fourth-order valence-electron chi connectivity index (χ4n) is 1.49. The van der Waals surface area contributed by atoms with Crippen LogP contribution in [0, 0.1) is 5.82 Å². The van der Waals surface area contributed by atoms with Gasteiger partial charge in [-0.3, -0.25) is 0 Å². The molecule has 1 aromatic rings. The molecule has 0 saturated carbocycles. The first-order chi connectivity index (χ1) is 7.18. The Bertz CT molecular complexity index is 395. The van der Waals surface area contributed by atoms with E-state index < -0.39 is 18.0 Å². The summed E-state index contributed by atoms with van der Waals surface area (Å²) in [6, 6.07) is 4.93. The van der Waals surface area contributed by atoms with Crippen LogP contribution in [0.1, 0.15) is 11.6 Å². The lowest BCUT2D eigenvalue weighted by Crippen LogP contribution is -2.32. The molecule has 2 atom stereocenters. The third-order valence-corrected chi connectivity index (χ3v) is 2.22. The minimum absolute atomic E-state index is 0.0999. The highest BCUT2D eigenvalue weighted by Crippen LogP contribution is 2.28. The average Bonchev–Trinajstić information content (AvgIpc) is 2.23. The summed E-state index contributed by atoms with van der Waals surface area (Å²) in [5, 5.41) is 0. The zero-order valence-electron chi connectivity index (χ0n) is 7.86. The van der Waals surface area contributed by atoms with Crippen LogP contribution in [0.3, 0.4) is 0 Å². The molecule has 0 saturated heterocycles. The molecule has 0 aliphatic carbocycles. The van der Waals surface area contributed by atoms with Gasteiger partial charge in [-0.05, 0) is 6.07 Å². The second-order valence-electron chi connectivity index (χ2n) is 3.26. The number of halogens is 2. The van der Waals surface area contributed by atoms with E-state index in [1.54, 1.807) is 12.1 Å². The molecule has 2 rings (SSSR count). The number of benzene rings is 1. The number of aliphatic imine (C=N–C) groups is 1. The van der Waals surface area contributed by atoms with Gasteiger partial charge >= 0.3 is 0 Å². The summed E-state index contributed by atoms with van der Waals surface area (Å²) in [4.78, 5) is 3.75. The van der Waals surface area contributed by atoms with Crippen molar-refractivity contribution in [1.82, 2.24) is 0 Å². The Morgan fingerprint density at radius 2 is 2.13 bits per heavy atom. The molecular formula is C10H10F2N2O. The molecule has 0 bridgehead atoms. The molecule has 15 heavy (non-hydrogen) atoms. The Morgan fingerprint density at radius 1 is 1.40 bits per heavy atom. The lowest BCUT2D eigenvalue weighted by atomic mass is 10.0. The SMILES string of the molecule is NC1=NC(c2ccccc2F)C(F)CO1. The molecule has 2 N–H and O–H groups in total. The molecule has 5 heteroatoms. The largest absolute Gasteiger partial charge is 0.462 e.